The molecule has 0 spiro atoms. The summed E-state index contributed by atoms with van der Waals surface area (Å²) in [6.45, 7) is 2.12. The van der Waals surface area contributed by atoms with Crippen molar-refractivity contribution in [3.8, 4) is 0 Å². The van der Waals surface area contributed by atoms with Gasteiger partial charge in [0, 0.05) is 11.1 Å². The fraction of sp³-hybridized carbons (Fsp3) is 0.105. The lowest BCUT2D eigenvalue weighted by Gasteiger charge is -2.20. The SMILES string of the molecule is Cc1cccc2c3c(ccc12)C(=O)c1ccccc1C3. The molecule has 1 nitrogen and oxygen atoms in total. The van der Waals surface area contributed by atoms with Crippen molar-refractivity contribution in [1.82, 2.24) is 0 Å². The number of rotatable bonds is 0. The maximum atomic E-state index is 12.6. The Morgan fingerprint density at radius 3 is 2.55 bits per heavy atom. The Hall–Kier alpha value is -2.41. The molecule has 0 heterocycles. The summed E-state index contributed by atoms with van der Waals surface area (Å²) < 4.78 is 0. The molecule has 3 aromatic rings. The first-order valence-electron chi connectivity index (χ1n) is 6.89. The van der Waals surface area contributed by atoms with Crippen LogP contribution in [-0.2, 0) is 6.42 Å². The van der Waals surface area contributed by atoms with Gasteiger partial charge in [0.2, 0.25) is 0 Å². The molecule has 20 heavy (non-hydrogen) atoms. The smallest absolute Gasteiger partial charge is 0.193 e. The van der Waals surface area contributed by atoms with E-state index in [0.717, 1.165) is 23.1 Å². The molecule has 0 fully saturated rings. The van der Waals surface area contributed by atoms with Crippen LogP contribution in [0.15, 0.2) is 54.6 Å². The summed E-state index contributed by atoms with van der Waals surface area (Å²) >= 11 is 0. The van der Waals surface area contributed by atoms with Gasteiger partial charge in [-0.25, -0.2) is 0 Å². The van der Waals surface area contributed by atoms with Crippen molar-refractivity contribution in [1.29, 1.82) is 0 Å². The second kappa shape index (κ2) is 4.04. The van der Waals surface area contributed by atoms with Crippen molar-refractivity contribution in [3.05, 3.63) is 82.4 Å². The summed E-state index contributed by atoms with van der Waals surface area (Å²) in [4.78, 5) is 12.6. The molecule has 0 atom stereocenters. The van der Waals surface area contributed by atoms with Crippen LogP contribution in [0.1, 0.15) is 32.6 Å². The first-order valence-corrected chi connectivity index (χ1v) is 6.89. The number of ketones is 1. The van der Waals surface area contributed by atoms with E-state index in [-0.39, 0.29) is 5.78 Å². The number of hydrogen-bond acceptors (Lipinski definition) is 1. The zero-order valence-corrected chi connectivity index (χ0v) is 11.3. The summed E-state index contributed by atoms with van der Waals surface area (Å²) in [6.07, 6.45) is 0.845. The van der Waals surface area contributed by atoms with Gasteiger partial charge in [-0.15, -0.1) is 0 Å². The molecule has 0 unspecified atom stereocenters. The Bertz CT molecular complexity index is 859. The molecule has 0 amide bonds. The lowest BCUT2D eigenvalue weighted by Crippen LogP contribution is -2.15. The molecule has 0 bridgehead atoms. The fourth-order valence-electron chi connectivity index (χ4n) is 3.21. The minimum Gasteiger partial charge on any atom is -0.289 e. The van der Waals surface area contributed by atoms with E-state index < -0.39 is 0 Å². The molecule has 3 aromatic carbocycles. The van der Waals surface area contributed by atoms with E-state index in [9.17, 15) is 4.79 Å². The van der Waals surface area contributed by atoms with Gasteiger partial charge in [0.15, 0.2) is 5.78 Å². The van der Waals surface area contributed by atoms with Crippen LogP contribution in [0.25, 0.3) is 10.8 Å². The van der Waals surface area contributed by atoms with Gasteiger partial charge in [-0.1, -0.05) is 54.6 Å². The monoisotopic (exact) mass is 258 g/mol. The zero-order valence-electron chi connectivity index (χ0n) is 11.3. The van der Waals surface area contributed by atoms with Gasteiger partial charge in [0.25, 0.3) is 0 Å². The van der Waals surface area contributed by atoms with E-state index in [1.54, 1.807) is 0 Å². The van der Waals surface area contributed by atoms with E-state index in [1.165, 1.54) is 21.9 Å². The first kappa shape index (κ1) is 11.4. The third-order valence-electron chi connectivity index (χ3n) is 4.26. The van der Waals surface area contributed by atoms with Crippen LogP contribution in [-0.4, -0.2) is 5.78 Å². The molecule has 96 valence electrons. The van der Waals surface area contributed by atoms with Crippen molar-refractivity contribution in [2.24, 2.45) is 0 Å². The molecule has 1 aliphatic carbocycles. The van der Waals surface area contributed by atoms with Crippen molar-refractivity contribution in [3.63, 3.8) is 0 Å². The summed E-state index contributed by atoms with van der Waals surface area (Å²) in [5.41, 5.74) is 5.29. The summed E-state index contributed by atoms with van der Waals surface area (Å²) in [5.74, 6) is 0.158. The summed E-state index contributed by atoms with van der Waals surface area (Å²) in [6, 6.07) is 18.3. The van der Waals surface area contributed by atoms with Crippen LogP contribution in [0.5, 0.6) is 0 Å². The number of fused-ring (bicyclic) bond motifs is 4. The first-order chi connectivity index (χ1) is 9.75. The van der Waals surface area contributed by atoms with Crippen molar-refractivity contribution < 1.29 is 4.79 Å². The Morgan fingerprint density at radius 1 is 0.800 bits per heavy atom. The Morgan fingerprint density at radius 2 is 1.65 bits per heavy atom. The normalized spacial score (nSPS) is 13.2. The Balaban J connectivity index is 2.06. The molecule has 0 saturated heterocycles. The molecule has 0 saturated carbocycles. The lowest BCUT2D eigenvalue weighted by atomic mass is 9.82. The topological polar surface area (TPSA) is 17.1 Å². The Kier molecular flexibility index (Phi) is 2.31. The van der Waals surface area contributed by atoms with Gasteiger partial charge in [0.1, 0.15) is 0 Å². The molecule has 0 aliphatic heterocycles. The van der Waals surface area contributed by atoms with Crippen molar-refractivity contribution >= 4 is 16.6 Å². The van der Waals surface area contributed by atoms with E-state index in [4.69, 9.17) is 0 Å². The molecular weight excluding hydrogens is 244 g/mol. The third kappa shape index (κ3) is 1.47. The maximum absolute atomic E-state index is 12.6. The highest BCUT2D eigenvalue weighted by Crippen LogP contribution is 2.33. The summed E-state index contributed by atoms with van der Waals surface area (Å²) in [5, 5.41) is 2.46. The Labute approximate surface area is 117 Å². The third-order valence-corrected chi connectivity index (χ3v) is 4.26. The van der Waals surface area contributed by atoms with Crippen LogP contribution in [0.2, 0.25) is 0 Å². The fourth-order valence-corrected chi connectivity index (χ4v) is 3.21. The number of hydrogen-bond donors (Lipinski definition) is 0. The van der Waals surface area contributed by atoms with Crippen LogP contribution in [0.3, 0.4) is 0 Å². The van der Waals surface area contributed by atoms with Gasteiger partial charge in [-0.3, -0.25) is 4.79 Å². The van der Waals surface area contributed by atoms with E-state index in [1.807, 2.05) is 24.3 Å². The lowest BCUT2D eigenvalue weighted by molar-refractivity contribution is 0.103. The van der Waals surface area contributed by atoms with Crippen molar-refractivity contribution in [2.45, 2.75) is 13.3 Å². The van der Waals surface area contributed by atoms with E-state index >= 15 is 0 Å². The zero-order chi connectivity index (χ0) is 13.7. The quantitative estimate of drug-likeness (QED) is 0.460. The number of carbonyl (C=O) groups is 1. The van der Waals surface area contributed by atoms with Crippen LogP contribution >= 0.6 is 0 Å². The van der Waals surface area contributed by atoms with E-state index in [2.05, 4.69) is 37.3 Å². The summed E-state index contributed by atoms with van der Waals surface area (Å²) in [7, 11) is 0. The van der Waals surface area contributed by atoms with Gasteiger partial charge >= 0.3 is 0 Å². The van der Waals surface area contributed by atoms with Gasteiger partial charge in [0.05, 0.1) is 0 Å². The minimum absolute atomic E-state index is 0.158. The minimum atomic E-state index is 0.158. The second-order valence-corrected chi connectivity index (χ2v) is 5.42. The molecule has 4 rings (SSSR count). The highest BCUT2D eigenvalue weighted by molar-refractivity contribution is 6.15. The maximum Gasteiger partial charge on any atom is 0.193 e. The van der Waals surface area contributed by atoms with Crippen LogP contribution in [0, 0.1) is 6.92 Å². The van der Waals surface area contributed by atoms with Crippen LogP contribution in [0.4, 0.5) is 0 Å². The van der Waals surface area contributed by atoms with Crippen LogP contribution < -0.4 is 0 Å². The standard InChI is InChI=1S/C19H14O/c1-12-5-4-8-16-14(12)9-10-17-18(16)11-13-6-2-3-7-15(13)19(17)20/h2-10H,11H2,1H3. The van der Waals surface area contributed by atoms with Gasteiger partial charge in [-0.05, 0) is 40.8 Å². The molecule has 1 heteroatoms. The van der Waals surface area contributed by atoms with Gasteiger partial charge in [-0.2, -0.15) is 0 Å². The number of carbonyl (C=O) groups excluding carboxylic acids is 1. The molecule has 0 aromatic heterocycles. The number of aryl methyl sites for hydroxylation is 1. The highest BCUT2D eigenvalue weighted by Gasteiger charge is 2.24. The van der Waals surface area contributed by atoms with Gasteiger partial charge < -0.3 is 0 Å². The number of benzene rings is 3. The average Bonchev–Trinajstić information content (AvgIpc) is 2.48. The average molecular weight is 258 g/mol. The molecule has 0 radical (unpaired) electrons. The largest absolute Gasteiger partial charge is 0.289 e. The van der Waals surface area contributed by atoms with E-state index in [0.29, 0.717) is 0 Å². The molecule has 1 aliphatic rings. The highest BCUT2D eigenvalue weighted by atomic mass is 16.1. The predicted octanol–water partition coefficient (Wildman–Crippen LogP) is 4.28. The molecular formula is C19H14O. The molecule has 0 N–H and O–H groups in total. The predicted molar refractivity (Wildman–Crippen MR) is 81.4 cm³/mol. The van der Waals surface area contributed by atoms with Crippen molar-refractivity contribution in [2.75, 3.05) is 0 Å². The second-order valence-electron chi connectivity index (χ2n) is 5.42.